The molecule has 2 heteroatoms. The molecule has 0 unspecified atom stereocenters. The second-order valence-electron chi connectivity index (χ2n) is 6.07. The first-order chi connectivity index (χ1) is 10.2. The predicted octanol–water partition coefficient (Wildman–Crippen LogP) is 5.43. The molecule has 2 aromatic rings. The van der Waals surface area contributed by atoms with Crippen molar-refractivity contribution in [2.75, 3.05) is 5.32 Å². The summed E-state index contributed by atoms with van der Waals surface area (Å²) in [6.07, 6.45) is 5.94. The highest BCUT2D eigenvalue weighted by Crippen LogP contribution is 2.50. The van der Waals surface area contributed by atoms with Gasteiger partial charge in [-0.25, -0.2) is 0 Å². The maximum absolute atomic E-state index is 3.84. The lowest BCUT2D eigenvalue weighted by Crippen LogP contribution is -2.29. The number of rotatable bonds is 1. The van der Waals surface area contributed by atoms with E-state index < -0.39 is 0 Å². The molecule has 1 nitrogen and oxygen atoms in total. The van der Waals surface area contributed by atoms with E-state index in [-0.39, 0.29) is 0 Å². The zero-order chi connectivity index (χ0) is 14.4. The summed E-state index contributed by atoms with van der Waals surface area (Å²) in [5, 5.41) is 3.84. The van der Waals surface area contributed by atoms with Gasteiger partial charge in [-0.1, -0.05) is 42.5 Å². The molecule has 3 atom stereocenters. The van der Waals surface area contributed by atoms with Crippen molar-refractivity contribution >= 4 is 28.3 Å². The fourth-order valence-corrected chi connectivity index (χ4v) is 4.63. The standard InChI is InChI=1S/C19H18IN/c1-12-10-14(20)11-17-15-8-5-9-16(15)19(21-18(12)17)13-6-3-2-4-7-13/h2-8,10-11,15-16,19,21H,9H2,1H3/t15-,16+,19-/m1/s1. The number of aryl methyl sites for hydroxylation is 1. The number of nitrogens with one attached hydrogen (secondary N) is 1. The molecular weight excluding hydrogens is 369 g/mol. The number of anilines is 1. The summed E-state index contributed by atoms with van der Waals surface area (Å²) < 4.78 is 1.34. The van der Waals surface area contributed by atoms with Gasteiger partial charge in [-0.15, -0.1) is 0 Å². The van der Waals surface area contributed by atoms with Gasteiger partial charge in [0.15, 0.2) is 0 Å². The van der Waals surface area contributed by atoms with Crippen LogP contribution in [0.3, 0.4) is 0 Å². The van der Waals surface area contributed by atoms with Crippen molar-refractivity contribution in [1.82, 2.24) is 0 Å². The number of benzene rings is 2. The SMILES string of the molecule is Cc1cc(I)cc2c1N[C@H](c1ccccc1)[C@H]1CC=C[C@@H]21. The Morgan fingerprint density at radius 2 is 1.95 bits per heavy atom. The topological polar surface area (TPSA) is 12.0 Å². The van der Waals surface area contributed by atoms with Crippen LogP contribution in [0.5, 0.6) is 0 Å². The van der Waals surface area contributed by atoms with E-state index in [1.165, 1.54) is 32.4 Å². The van der Waals surface area contributed by atoms with Gasteiger partial charge in [0.25, 0.3) is 0 Å². The third kappa shape index (κ3) is 2.20. The largest absolute Gasteiger partial charge is 0.377 e. The Morgan fingerprint density at radius 1 is 1.14 bits per heavy atom. The van der Waals surface area contributed by atoms with E-state index in [0.717, 1.165) is 0 Å². The monoisotopic (exact) mass is 387 g/mol. The molecule has 1 aliphatic carbocycles. The lowest BCUT2D eigenvalue weighted by Gasteiger charge is -2.38. The molecule has 0 saturated carbocycles. The first-order valence-electron chi connectivity index (χ1n) is 7.52. The van der Waals surface area contributed by atoms with E-state index in [1.807, 2.05) is 0 Å². The predicted molar refractivity (Wildman–Crippen MR) is 96.7 cm³/mol. The lowest BCUT2D eigenvalue weighted by molar-refractivity contribution is 0.425. The molecule has 0 saturated heterocycles. The molecule has 106 valence electrons. The van der Waals surface area contributed by atoms with Crippen LogP contribution in [0, 0.1) is 16.4 Å². The van der Waals surface area contributed by atoms with Crippen LogP contribution in [0.4, 0.5) is 5.69 Å². The summed E-state index contributed by atoms with van der Waals surface area (Å²) in [5.41, 5.74) is 5.58. The van der Waals surface area contributed by atoms with Crippen LogP contribution in [0.2, 0.25) is 0 Å². The van der Waals surface area contributed by atoms with Crippen LogP contribution in [0.25, 0.3) is 0 Å². The Bertz CT molecular complexity index is 705. The molecule has 0 fully saturated rings. The van der Waals surface area contributed by atoms with E-state index in [1.54, 1.807) is 0 Å². The Balaban J connectivity index is 1.84. The van der Waals surface area contributed by atoms with Crippen molar-refractivity contribution in [1.29, 1.82) is 0 Å². The van der Waals surface area contributed by atoms with Gasteiger partial charge in [-0.05, 0) is 70.7 Å². The average molecular weight is 387 g/mol. The van der Waals surface area contributed by atoms with Gasteiger partial charge in [-0.2, -0.15) is 0 Å². The molecule has 2 aromatic carbocycles. The van der Waals surface area contributed by atoms with Crippen LogP contribution >= 0.6 is 22.6 Å². The van der Waals surface area contributed by atoms with E-state index in [0.29, 0.717) is 17.9 Å². The van der Waals surface area contributed by atoms with Crippen LogP contribution in [-0.2, 0) is 0 Å². The van der Waals surface area contributed by atoms with Gasteiger partial charge in [0.05, 0.1) is 6.04 Å². The molecule has 0 bridgehead atoms. The average Bonchev–Trinajstić information content (AvgIpc) is 2.97. The summed E-state index contributed by atoms with van der Waals surface area (Å²) in [4.78, 5) is 0. The molecule has 1 N–H and O–H groups in total. The number of allylic oxidation sites excluding steroid dienone is 2. The van der Waals surface area contributed by atoms with Crippen molar-refractivity contribution in [2.24, 2.45) is 5.92 Å². The Kier molecular flexibility index (Phi) is 3.29. The fraction of sp³-hybridized carbons (Fsp3) is 0.263. The van der Waals surface area contributed by atoms with E-state index in [2.05, 4.69) is 89.4 Å². The van der Waals surface area contributed by atoms with Gasteiger partial charge in [0, 0.05) is 15.2 Å². The van der Waals surface area contributed by atoms with Crippen LogP contribution in [0.1, 0.15) is 35.1 Å². The fourth-order valence-electron chi connectivity index (χ4n) is 3.83. The highest BCUT2D eigenvalue weighted by atomic mass is 127. The van der Waals surface area contributed by atoms with Crippen molar-refractivity contribution in [3.63, 3.8) is 0 Å². The van der Waals surface area contributed by atoms with Crippen molar-refractivity contribution in [3.05, 3.63) is 74.9 Å². The Hall–Kier alpha value is -1.29. The van der Waals surface area contributed by atoms with Crippen LogP contribution < -0.4 is 5.32 Å². The number of hydrogen-bond donors (Lipinski definition) is 1. The highest BCUT2D eigenvalue weighted by Gasteiger charge is 2.38. The molecule has 0 aromatic heterocycles. The summed E-state index contributed by atoms with van der Waals surface area (Å²) in [5.74, 6) is 1.19. The van der Waals surface area contributed by atoms with Crippen LogP contribution in [-0.4, -0.2) is 0 Å². The number of fused-ring (bicyclic) bond motifs is 3. The molecule has 2 aliphatic rings. The van der Waals surface area contributed by atoms with Crippen LogP contribution in [0.15, 0.2) is 54.6 Å². The molecule has 4 rings (SSSR count). The normalized spacial score (nSPS) is 26.1. The second-order valence-corrected chi connectivity index (χ2v) is 7.32. The molecule has 1 heterocycles. The smallest absolute Gasteiger partial charge is 0.0554 e. The third-order valence-corrected chi connectivity index (χ3v) is 5.41. The third-order valence-electron chi connectivity index (χ3n) is 4.79. The quantitative estimate of drug-likeness (QED) is 0.509. The minimum Gasteiger partial charge on any atom is -0.377 e. The molecule has 0 radical (unpaired) electrons. The zero-order valence-electron chi connectivity index (χ0n) is 12.0. The lowest BCUT2D eigenvalue weighted by atomic mass is 9.76. The Labute approximate surface area is 139 Å². The summed E-state index contributed by atoms with van der Waals surface area (Å²) in [6, 6.07) is 15.9. The van der Waals surface area contributed by atoms with Gasteiger partial charge in [0.1, 0.15) is 0 Å². The first kappa shape index (κ1) is 13.4. The van der Waals surface area contributed by atoms with E-state index in [9.17, 15) is 0 Å². The minimum atomic E-state index is 0.414. The molecular formula is C19H18IN. The number of halogens is 1. The minimum absolute atomic E-state index is 0.414. The van der Waals surface area contributed by atoms with Gasteiger partial charge < -0.3 is 5.32 Å². The summed E-state index contributed by atoms with van der Waals surface area (Å²) >= 11 is 2.43. The zero-order valence-corrected chi connectivity index (χ0v) is 14.2. The second kappa shape index (κ2) is 5.16. The van der Waals surface area contributed by atoms with Crippen molar-refractivity contribution < 1.29 is 0 Å². The van der Waals surface area contributed by atoms with Gasteiger partial charge in [0.2, 0.25) is 0 Å². The number of hydrogen-bond acceptors (Lipinski definition) is 1. The summed E-state index contributed by atoms with van der Waals surface area (Å²) in [7, 11) is 0. The molecule has 0 spiro atoms. The molecule has 1 aliphatic heterocycles. The van der Waals surface area contributed by atoms with Crippen molar-refractivity contribution in [2.45, 2.75) is 25.3 Å². The molecule has 0 amide bonds. The van der Waals surface area contributed by atoms with E-state index in [4.69, 9.17) is 0 Å². The van der Waals surface area contributed by atoms with Crippen molar-refractivity contribution in [3.8, 4) is 0 Å². The molecule has 21 heavy (non-hydrogen) atoms. The Morgan fingerprint density at radius 3 is 2.76 bits per heavy atom. The highest BCUT2D eigenvalue weighted by molar-refractivity contribution is 14.1. The van der Waals surface area contributed by atoms with Gasteiger partial charge in [-0.3, -0.25) is 0 Å². The van der Waals surface area contributed by atoms with Gasteiger partial charge >= 0.3 is 0 Å². The first-order valence-corrected chi connectivity index (χ1v) is 8.60. The summed E-state index contributed by atoms with van der Waals surface area (Å²) in [6.45, 7) is 2.22. The maximum atomic E-state index is 3.84. The van der Waals surface area contributed by atoms with E-state index >= 15 is 0 Å². The maximum Gasteiger partial charge on any atom is 0.0554 e.